The predicted octanol–water partition coefficient (Wildman–Crippen LogP) is 3.77. The molecule has 10 heteroatoms. The van der Waals surface area contributed by atoms with E-state index in [2.05, 4.69) is 10.5 Å². The summed E-state index contributed by atoms with van der Waals surface area (Å²) in [5.74, 6) is -0.960. The number of halogens is 1. The lowest BCUT2D eigenvalue weighted by molar-refractivity contribution is -0.386. The molecule has 0 saturated carbocycles. The zero-order chi connectivity index (χ0) is 20.7. The van der Waals surface area contributed by atoms with Crippen LogP contribution in [0.3, 0.4) is 0 Å². The SMILES string of the molecule is CCOc1cc(/C=N\NC(=O)Cc2cc(Cl)ccc2SC)cc([N+](=O)[O-])c1O. The highest BCUT2D eigenvalue weighted by Crippen LogP contribution is 2.36. The van der Waals surface area contributed by atoms with E-state index in [1.165, 1.54) is 24.0 Å². The van der Waals surface area contributed by atoms with E-state index in [4.69, 9.17) is 16.3 Å². The van der Waals surface area contributed by atoms with Crippen LogP contribution in [-0.4, -0.2) is 35.0 Å². The first kappa shape index (κ1) is 21.5. The average molecular weight is 424 g/mol. The van der Waals surface area contributed by atoms with Gasteiger partial charge in [0.15, 0.2) is 5.75 Å². The van der Waals surface area contributed by atoms with Crippen LogP contribution in [-0.2, 0) is 11.2 Å². The molecule has 0 heterocycles. The Labute approximate surface area is 170 Å². The summed E-state index contributed by atoms with van der Waals surface area (Å²) in [4.78, 5) is 23.4. The first-order valence-corrected chi connectivity index (χ1v) is 9.74. The highest BCUT2D eigenvalue weighted by atomic mass is 35.5. The molecule has 2 rings (SSSR count). The number of carbonyl (C=O) groups is 1. The fourth-order valence-corrected chi connectivity index (χ4v) is 3.16. The minimum atomic E-state index is -0.725. The molecule has 0 fully saturated rings. The molecule has 1 amide bonds. The number of rotatable bonds is 8. The Balaban J connectivity index is 2.13. The third-order valence-electron chi connectivity index (χ3n) is 3.57. The van der Waals surface area contributed by atoms with Crippen LogP contribution in [0.25, 0.3) is 0 Å². The van der Waals surface area contributed by atoms with Crippen LogP contribution in [0.4, 0.5) is 5.69 Å². The first-order chi connectivity index (χ1) is 13.3. The number of carbonyl (C=O) groups excluding carboxylic acids is 1. The van der Waals surface area contributed by atoms with Gasteiger partial charge in [-0.15, -0.1) is 11.8 Å². The van der Waals surface area contributed by atoms with Crippen molar-refractivity contribution in [3.05, 3.63) is 56.6 Å². The number of amides is 1. The Morgan fingerprint density at radius 1 is 1.43 bits per heavy atom. The van der Waals surface area contributed by atoms with Crippen LogP contribution in [0, 0.1) is 10.1 Å². The van der Waals surface area contributed by atoms with Gasteiger partial charge in [-0.1, -0.05) is 11.6 Å². The number of thioether (sulfide) groups is 1. The van der Waals surface area contributed by atoms with Crippen molar-refractivity contribution in [2.45, 2.75) is 18.2 Å². The minimum Gasteiger partial charge on any atom is -0.500 e. The molecule has 2 aromatic carbocycles. The maximum atomic E-state index is 12.1. The fraction of sp³-hybridized carbons (Fsp3) is 0.222. The summed E-state index contributed by atoms with van der Waals surface area (Å²) >= 11 is 7.48. The molecule has 28 heavy (non-hydrogen) atoms. The molecular weight excluding hydrogens is 406 g/mol. The topological polar surface area (TPSA) is 114 Å². The van der Waals surface area contributed by atoms with E-state index in [1.54, 1.807) is 19.1 Å². The lowest BCUT2D eigenvalue weighted by Gasteiger charge is -2.08. The van der Waals surface area contributed by atoms with Crippen LogP contribution in [0.15, 0.2) is 40.3 Å². The van der Waals surface area contributed by atoms with Gasteiger partial charge in [-0.2, -0.15) is 5.10 Å². The standard InChI is InChI=1S/C18H18ClN3O5S/c1-3-27-15-7-11(6-14(18(15)24)22(25)26)10-20-21-17(23)9-12-8-13(19)4-5-16(12)28-2/h4-8,10,24H,3,9H2,1-2H3,(H,21,23)/b20-10-. The van der Waals surface area contributed by atoms with Crippen molar-refractivity contribution in [2.75, 3.05) is 12.9 Å². The molecule has 0 unspecified atom stereocenters. The summed E-state index contributed by atoms with van der Waals surface area (Å²) in [6.45, 7) is 1.91. The molecule has 0 aromatic heterocycles. The summed E-state index contributed by atoms with van der Waals surface area (Å²) in [7, 11) is 0. The zero-order valence-electron chi connectivity index (χ0n) is 15.1. The van der Waals surface area contributed by atoms with Crippen molar-refractivity contribution >= 4 is 41.2 Å². The van der Waals surface area contributed by atoms with Crippen molar-refractivity contribution < 1.29 is 19.6 Å². The van der Waals surface area contributed by atoms with Crippen LogP contribution >= 0.6 is 23.4 Å². The van der Waals surface area contributed by atoms with Gasteiger partial charge < -0.3 is 9.84 Å². The van der Waals surface area contributed by atoms with Gasteiger partial charge in [0.25, 0.3) is 0 Å². The summed E-state index contributed by atoms with van der Waals surface area (Å²) in [6.07, 6.45) is 3.21. The van der Waals surface area contributed by atoms with Crippen LogP contribution < -0.4 is 10.2 Å². The van der Waals surface area contributed by atoms with Crippen LogP contribution in [0.2, 0.25) is 5.02 Å². The van der Waals surface area contributed by atoms with Crippen LogP contribution in [0.1, 0.15) is 18.1 Å². The first-order valence-electron chi connectivity index (χ1n) is 8.14. The number of phenolic OH excluding ortho intramolecular Hbond substituents is 1. The molecule has 0 atom stereocenters. The second-order valence-electron chi connectivity index (χ2n) is 5.50. The summed E-state index contributed by atoms with van der Waals surface area (Å²) in [6, 6.07) is 7.83. The maximum Gasteiger partial charge on any atom is 0.315 e. The van der Waals surface area contributed by atoms with Crippen molar-refractivity contribution in [1.29, 1.82) is 0 Å². The van der Waals surface area contributed by atoms with E-state index in [1.807, 2.05) is 12.3 Å². The number of nitrogens with zero attached hydrogens (tertiary/aromatic N) is 2. The number of nitro benzene ring substituents is 1. The Bertz CT molecular complexity index is 920. The Kier molecular flexibility index (Phi) is 7.65. The third-order valence-corrected chi connectivity index (χ3v) is 4.64. The molecular formula is C18H18ClN3O5S. The van der Waals surface area contributed by atoms with Gasteiger partial charge in [0.1, 0.15) is 0 Å². The lowest BCUT2D eigenvalue weighted by atomic mass is 10.1. The van der Waals surface area contributed by atoms with Gasteiger partial charge in [-0.05, 0) is 43.0 Å². The summed E-state index contributed by atoms with van der Waals surface area (Å²) < 4.78 is 5.19. The predicted molar refractivity (Wildman–Crippen MR) is 109 cm³/mol. The van der Waals surface area contributed by atoms with Gasteiger partial charge in [0, 0.05) is 21.5 Å². The normalized spacial score (nSPS) is 10.8. The number of aromatic hydroxyl groups is 1. The minimum absolute atomic E-state index is 0.0342. The number of nitrogens with one attached hydrogen (secondary N) is 1. The largest absolute Gasteiger partial charge is 0.500 e. The molecule has 0 saturated heterocycles. The number of ether oxygens (including phenoxy) is 1. The average Bonchev–Trinajstić information content (AvgIpc) is 2.64. The molecule has 0 aliphatic rings. The smallest absolute Gasteiger partial charge is 0.315 e. The number of nitro groups is 1. The molecule has 0 radical (unpaired) electrons. The fourth-order valence-electron chi connectivity index (χ4n) is 2.37. The number of hydrogen-bond donors (Lipinski definition) is 2. The van der Waals surface area contributed by atoms with E-state index >= 15 is 0 Å². The van der Waals surface area contributed by atoms with Gasteiger partial charge in [0.05, 0.1) is 24.2 Å². The molecule has 0 aliphatic carbocycles. The number of phenols is 1. The highest BCUT2D eigenvalue weighted by molar-refractivity contribution is 7.98. The second-order valence-corrected chi connectivity index (χ2v) is 6.79. The number of hydrogen-bond acceptors (Lipinski definition) is 7. The number of benzene rings is 2. The molecule has 0 spiro atoms. The molecule has 0 aliphatic heterocycles. The van der Waals surface area contributed by atoms with E-state index < -0.39 is 16.4 Å². The maximum absolute atomic E-state index is 12.1. The number of hydrazone groups is 1. The van der Waals surface area contributed by atoms with E-state index in [0.717, 1.165) is 16.5 Å². The zero-order valence-corrected chi connectivity index (χ0v) is 16.7. The van der Waals surface area contributed by atoms with Gasteiger partial charge in [0.2, 0.25) is 11.7 Å². The molecule has 8 nitrogen and oxygen atoms in total. The Hall–Kier alpha value is -2.78. The monoisotopic (exact) mass is 423 g/mol. The second kappa shape index (κ2) is 9.95. The summed E-state index contributed by atoms with van der Waals surface area (Å²) in [5.41, 5.74) is 2.92. The molecule has 2 aromatic rings. The summed E-state index contributed by atoms with van der Waals surface area (Å²) in [5, 5.41) is 25.3. The quantitative estimate of drug-likeness (QED) is 0.289. The van der Waals surface area contributed by atoms with Gasteiger partial charge >= 0.3 is 5.69 Å². The van der Waals surface area contributed by atoms with E-state index in [-0.39, 0.29) is 24.7 Å². The Morgan fingerprint density at radius 2 is 2.18 bits per heavy atom. The Morgan fingerprint density at radius 3 is 2.82 bits per heavy atom. The van der Waals surface area contributed by atoms with Crippen molar-refractivity contribution in [3.63, 3.8) is 0 Å². The lowest BCUT2D eigenvalue weighted by Crippen LogP contribution is -2.20. The van der Waals surface area contributed by atoms with Crippen molar-refractivity contribution in [2.24, 2.45) is 5.10 Å². The van der Waals surface area contributed by atoms with E-state index in [0.29, 0.717) is 10.6 Å². The molecule has 148 valence electrons. The van der Waals surface area contributed by atoms with Crippen molar-refractivity contribution in [3.8, 4) is 11.5 Å². The third kappa shape index (κ3) is 5.61. The van der Waals surface area contributed by atoms with Gasteiger partial charge in [-0.3, -0.25) is 14.9 Å². The molecule has 0 bridgehead atoms. The van der Waals surface area contributed by atoms with E-state index in [9.17, 15) is 20.0 Å². The van der Waals surface area contributed by atoms with Gasteiger partial charge in [-0.25, -0.2) is 5.43 Å². The van der Waals surface area contributed by atoms with Crippen LogP contribution in [0.5, 0.6) is 11.5 Å². The van der Waals surface area contributed by atoms with Crippen molar-refractivity contribution in [1.82, 2.24) is 5.43 Å². The molecule has 2 N–H and O–H groups in total. The highest BCUT2D eigenvalue weighted by Gasteiger charge is 2.19.